The number of fused-ring (bicyclic) bond motifs is 1. The number of aliphatic carboxylic acids is 1. The standard InChI is InChI=1S/C18H23NO3/c20-17(19-9-2-1-6-16(19)12-18(21)22)11-13-7-8-14-4-3-5-15(14)10-13/h7-8,10,16H,1-6,9,11-12H2,(H,21,22). The fraction of sp³-hybridized carbons (Fsp3) is 0.556. The molecule has 1 fully saturated rings. The first-order chi connectivity index (χ1) is 10.6. The summed E-state index contributed by atoms with van der Waals surface area (Å²) >= 11 is 0. The molecule has 1 N–H and O–H groups in total. The minimum Gasteiger partial charge on any atom is -0.481 e. The lowest BCUT2D eigenvalue weighted by Crippen LogP contribution is -2.45. The fourth-order valence-electron chi connectivity index (χ4n) is 3.75. The SMILES string of the molecule is O=C(O)CC1CCCCN1C(=O)Cc1ccc2c(c1)CCC2. The maximum absolute atomic E-state index is 12.6. The van der Waals surface area contributed by atoms with E-state index >= 15 is 0 Å². The number of aryl methyl sites for hydroxylation is 2. The van der Waals surface area contributed by atoms with Gasteiger partial charge in [0.2, 0.25) is 5.91 Å². The van der Waals surface area contributed by atoms with E-state index in [1.165, 1.54) is 17.5 Å². The van der Waals surface area contributed by atoms with Crippen LogP contribution in [0.15, 0.2) is 18.2 Å². The van der Waals surface area contributed by atoms with Gasteiger partial charge in [-0.1, -0.05) is 18.2 Å². The topological polar surface area (TPSA) is 57.6 Å². The number of hydrogen-bond donors (Lipinski definition) is 1. The van der Waals surface area contributed by atoms with E-state index in [2.05, 4.69) is 18.2 Å². The van der Waals surface area contributed by atoms with Gasteiger partial charge in [-0.2, -0.15) is 0 Å². The van der Waals surface area contributed by atoms with Gasteiger partial charge < -0.3 is 10.0 Å². The summed E-state index contributed by atoms with van der Waals surface area (Å²) in [6, 6.07) is 6.23. The third-order valence-corrected chi connectivity index (χ3v) is 4.88. The number of likely N-dealkylation sites (tertiary alicyclic amines) is 1. The third kappa shape index (κ3) is 3.32. The van der Waals surface area contributed by atoms with Crippen molar-refractivity contribution in [1.82, 2.24) is 4.90 Å². The number of nitrogens with zero attached hydrogens (tertiary/aromatic N) is 1. The van der Waals surface area contributed by atoms with Crippen LogP contribution in [0.3, 0.4) is 0 Å². The lowest BCUT2D eigenvalue weighted by molar-refractivity contribution is -0.141. The molecule has 1 unspecified atom stereocenters. The molecule has 1 aliphatic carbocycles. The number of amides is 1. The van der Waals surface area contributed by atoms with Crippen LogP contribution in [0.5, 0.6) is 0 Å². The predicted octanol–water partition coefficient (Wildman–Crippen LogP) is 2.57. The van der Waals surface area contributed by atoms with E-state index < -0.39 is 5.97 Å². The molecule has 1 heterocycles. The van der Waals surface area contributed by atoms with Gasteiger partial charge in [0.15, 0.2) is 0 Å². The van der Waals surface area contributed by atoms with Crippen molar-refractivity contribution < 1.29 is 14.7 Å². The molecule has 0 radical (unpaired) electrons. The molecule has 2 aliphatic rings. The average Bonchev–Trinajstić information content (AvgIpc) is 2.94. The highest BCUT2D eigenvalue weighted by Gasteiger charge is 2.28. The Kier molecular flexibility index (Phi) is 4.46. The Bertz CT molecular complexity index is 582. The molecule has 0 saturated carbocycles. The number of piperidine rings is 1. The van der Waals surface area contributed by atoms with Crippen molar-refractivity contribution in [3.63, 3.8) is 0 Å². The molecule has 1 amide bonds. The Morgan fingerprint density at radius 2 is 1.95 bits per heavy atom. The smallest absolute Gasteiger partial charge is 0.305 e. The normalized spacial score (nSPS) is 20.7. The molecular formula is C18H23NO3. The molecule has 0 bridgehead atoms. The lowest BCUT2D eigenvalue weighted by Gasteiger charge is -2.35. The summed E-state index contributed by atoms with van der Waals surface area (Å²) in [6.45, 7) is 0.696. The van der Waals surface area contributed by atoms with Crippen molar-refractivity contribution in [2.45, 2.75) is 57.4 Å². The Hall–Kier alpha value is -1.84. The highest BCUT2D eigenvalue weighted by molar-refractivity contribution is 5.80. The van der Waals surface area contributed by atoms with Gasteiger partial charge in [0.1, 0.15) is 0 Å². The number of rotatable bonds is 4. The van der Waals surface area contributed by atoms with E-state index in [9.17, 15) is 9.59 Å². The molecule has 3 rings (SSSR count). The molecule has 118 valence electrons. The van der Waals surface area contributed by atoms with E-state index in [1.807, 2.05) is 0 Å². The summed E-state index contributed by atoms with van der Waals surface area (Å²) in [5.74, 6) is -0.744. The van der Waals surface area contributed by atoms with Gasteiger partial charge >= 0.3 is 5.97 Å². The van der Waals surface area contributed by atoms with Crippen molar-refractivity contribution >= 4 is 11.9 Å². The second-order valence-electron chi connectivity index (χ2n) is 6.47. The summed E-state index contributed by atoms with van der Waals surface area (Å²) in [5, 5.41) is 9.02. The van der Waals surface area contributed by atoms with Gasteiger partial charge in [-0.15, -0.1) is 0 Å². The van der Waals surface area contributed by atoms with E-state index in [4.69, 9.17) is 5.11 Å². The lowest BCUT2D eigenvalue weighted by atomic mass is 9.97. The molecule has 4 heteroatoms. The van der Waals surface area contributed by atoms with E-state index in [-0.39, 0.29) is 18.4 Å². The summed E-state index contributed by atoms with van der Waals surface area (Å²) in [7, 11) is 0. The number of carboxylic acids is 1. The monoisotopic (exact) mass is 301 g/mol. The number of carbonyl (C=O) groups excluding carboxylic acids is 1. The fourth-order valence-corrected chi connectivity index (χ4v) is 3.75. The molecule has 1 aromatic carbocycles. The third-order valence-electron chi connectivity index (χ3n) is 4.88. The van der Waals surface area contributed by atoms with Gasteiger partial charge in [0.25, 0.3) is 0 Å². The van der Waals surface area contributed by atoms with Crippen molar-refractivity contribution in [2.24, 2.45) is 0 Å². The minimum absolute atomic E-state index is 0.0654. The summed E-state index contributed by atoms with van der Waals surface area (Å²) in [6.07, 6.45) is 6.73. The van der Waals surface area contributed by atoms with Crippen molar-refractivity contribution in [1.29, 1.82) is 0 Å². The first-order valence-corrected chi connectivity index (χ1v) is 8.25. The van der Waals surface area contributed by atoms with Crippen molar-refractivity contribution in [3.8, 4) is 0 Å². The first kappa shape index (κ1) is 15.1. The Morgan fingerprint density at radius 3 is 2.77 bits per heavy atom. The molecule has 0 aromatic heterocycles. The van der Waals surface area contributed by atoms with Crippen LogP contribution in [-0.2, 0) is 28.9 Å². The summed E-state index contributed by atoms with van der Waals surface area (Å²) in [5.41, 5.74) is 3.86. The highest BCUT2D eigenvalue weighted by Crippen LogP contribution is 2.24. The molecule has 1 aliphatic heterocycles. The number of carbonyl (C=O) groups is 2. The van der Waals surface area contributed by atoms with Crippen LogP contribution in [0, 0.1) is 0 Å². The van der Waals surface area contributed by atoms with Crippen LogP contribution in [-0.4, -0.2) is 34.5 Å². The molecule has 1 atom stereocenters. The van der Waals surface area contributed by atoms with Crippen LogP contribution in [0.4, 0.5) is 0 Å². The van der Waals surface area contributed by atoms with Gasteiger partial charge in [-0.25, -0.2) is 0 Å². The number of carboxylic acid groups (broad SMARTS) is 1. The Balaban J connectivity index is 1.68. The second kappa shape index (κ2) is 6.51. The van der Waals surface area contributed by atoms with Crippen LogP contribution in [0.1, 0.15) is 48.8 Å². The van der Waals surface area contributed by atoms with Gasteiger partial charge in [-0.3, -0.25) is 9.59 Å². The van der Waals surface area contributed by atoms with Gasteiger partial charge in [0, 0.05) is 12.6 Å². The molecular weight excluding hydrogens is 278 g/mol. The van der Waals surface area contributed by atoms with E-state index in [0.717, 1.165) is 37.7 Å². The highest BCUT2D eigenvalue weighted by atomic mass is 16.4. The largest absolute Gasteiger partial charge is 0.481 e. The molecule has 4 nitrogen and oxygen atoms in total. The van der Waals surface area contributed by atoms with Crippen LogP contribution < -0.4 is 0 Å². The molecule has 1 saturated heterocycles. The second-order valence-corrected chi connectivity index (χ2v) is 6.47. The van der Waals surface area contributed by atoms with Crippen molar-refractivity contribution in [3.05, 3.63) is 34.9 Å². The van der Waals surface area contributed by atoms with E-state index in [0.29, 0.717) is 13.0 Å². The van der Waals surface area contributed by atoms with Gasteiger partial charge in [0.05, 0.1) is 12.8 Å². The maximum Gasteiger partial charge on any atom is 0.305 e. The van der Waals surface area contributed by atoms with Crippen LogP contribution in [0.25, 0.3) is 0 Å². The van der Waals surface area contributed by atoms with Crippen LogP contribution >= 0.6 is 0 Å². The van der Waals surface area contributed by atoms with Crippen molar-refractivity contribution in [2.75, 3.05) is 6.54 Å². The van der Waals surface area contributed by atoms with Crippen LogP contribution in [0.2, 0.25) is 0 Å². The number of benzene rings is 1. The zero-order valence-electron chi connectivity index (χ0n) is 12.9. The molecule has 0 spiro atoms. The Labute approximate surface area is 131 Å². The summed E-state index contributed by atoms with van der Waals surface area (Å²) < 4.78 is 0. The average molecular weight is 301 g/mol. The predicted molar refractivity (Wildman–Crippen MR) is 83.8 cm³/mol. The first-order valence-electron chi connectivity index (χ1n) is 8.25. The van der Waals surface area contributed by atoms with E-state index in [1.54, 1.807) is 4.90 Å². The maximum atomic E-state index is 12.6. The zero-order chi connectivity index (χ0) is 15.5. The summed E-state index contributed by atoms with van der Waals surface area (Å²) in [4.78, 5) is 25.4. The Morgan fingerprint density at radius 1 is 1.14 bits per heavy atom. The number of hydrogen-bond acceptors (Lipinski definition) is 2. The minimum atomic E-state index is -0.817. The van der Waals surface area contributed by atoms with Gasteiger partial charge in [-0.05, 0) is 55.2 Å². The zero-order valence-corrected chi connectivity index (χ0v) is 12.9. The molecule has 1 aromatic rings. The molecule has 22 heavy (non-hydrogen) atoms. The quantitative estimate of drug-likeness (QED) is 0.930.